The normalized spacial score (nSPS) is 14.6. The molecule has 0 atom stereocenters. The molecule has 0 spiro atoms. The predicted molar refractivity (Wildman–Crippen MR) is 172 cm³/mol. The number of benzene rings is 3. The molecule has 0 unspecified atom stereocenters. The summed E-state index contributed by atoms with van der Waals surface area (Å²) in [7, 11) is -2.63. The van der Waals surface area contributed by atoms with E-state index >= 15 is 0 Å². The molecule has 0 saturated heterocycles. The van der Waals surface area contributed by atoms with Crippen molar-refractivity contribution in [3.05, 3.63) is 134 Å². The molecule has 0 aliphatic carbocycles. The minimum absolute atomic E-state index is 0.0506. The standard InChI is InChI=1S/C34H31BrN2O6S/c1-22-5-9-25(10-6-22)20-36(44(40,41)30-17-7-23(2)8-18-30)21-29-16-15-28(43-29)19-31-32(34(39)42-4)24(3)37(33(31)38)27-13-11-26(35)12-14-27/h5-19H,20-21H2,1-4H3/b31-19+. The first-order chi connectivity index (χ1) is 21.0. The molecular weight excluding hydrogens is 644 g/mol. The minimum Gasteiger partial charge on any atom is -0.465 e. The molecule has 5 rings (SSSR count). The molecule has 8 nitrogen and oxygen atoms in total. The third-order valence-corrected chi connectivity index (χ3v) is 9.65. The maximum absolute atomic E-state index is 13.8. The molecule has 10 heteroatoms. The van der Waals surface area contributed by atoms with Gasteiger partial charge in [0, 0.05) is 22.4 Å². The lowest BCUT2D eigenvalue weighted by atomic mass is 10.1. The Hall–Kier alpha value is -4.25. The topological polar surface area (TPSA) is 97.1 Å². The summed E-state index contributed by atoms with van der Waals surface area (Å²) in [6, 6.07) is 24.9. The van der Waals surface area contributed by atoms with E-state index in [2.05, 4.69) is 15.9 Å². The number of furan rings is 1. The SMILES string of the molecule is COC(=O)C1=C(C)N(c2ccc(Br)cc2)C(=O)/C1=C/c1ccc(CN(Cc2ccc(C)cc2)S(=O)(=O)c2ccc(C)cc2)o1. The smallest absolute Gasteiger partial charge is 0.340 e. The van der Waals surface area contributed by atoms with Crippen molar-refractivity contribution in [1.82, 2.24) is 4.31 Å². The number of methoxy groups -OCH3 is 1. The highest BCUT2D eigenvalue weighted by Crippen LogP contribution is 2.36. The summed E-state index contributed by atoms with van der Waals surface area (Å²) in [5, 5.41) is 0. The number of esters is 1. The molecule has 44 heavy (non-hydrogen) atoms. The quantitative estimate of drug-likeness (QED) is 0.141. The number of hydrogen-bond donors (Lipinski definition) is 0. The van der Waals surface area contributed by atoms with Crippen LogP contribution in [0.4, 0.5) is 5.69 Å². The van der Waals surface area contributed by atoms with Crippen molar-refractivity contribution < 1.29 is 27.2 Å². The Labute approximate surface area is 265 Å². The number of amides is 1. The Bertz CT molecular complexity index is 1870. The van der Waals surface area contributed by atoms with Crippen LogP contribution in [0.5, 0.6) is 0 Å². The molecule has 0 bridgehead atoms. The maximum Gasteiger partial charge on any atom is 0.340 e. The van der Waals surface area contributed by atoms with Gasteiger partial charge >= 0.3 is 5.97 Å². The van der Waals surface area contributed by atoms with Gasteiger partial charge in [-0.15, -0.1) is 0 Å². The predicted octanol–water partition coefficient (Wildman–Crippen LogP) is 6.93. The van der Waals surface area contributed by atoms with Crippen molar-refractivity contribution in [2.75, 3.05) is 12.0 Å². The van der Waals surface area contributed by atoms with Crippen LogP contribution in [0.1, 0.15) is 35.1 Å². The largest absolute Gasteiger partial charge is 0.465 e. The third kappa shape index (κ3) is 6.47. The van der Waals surface area contributed by atoms with Crippen molar-refractivity contribution in [1.29, 1.82) is 0 Å². The Morgan fingerprint density at radius 1 is 0.886 bits per heavy atom. The van der Waals surface area contributed by atoms with Crippen molar-refractivity contribution in [2.24, 2.45) is 0 Å². The zero-order valence-corrected chi connectivity index (χ0v) is 27.1. The fourth-order valence-electron chi connectivity index (χ4n) is 4.94. The van der Waals surface area contributed by atoms with Crippen molar-refractivity contribution in [2.45, 2.75) is 38.8 Å². The van der Waals surface area contributed by atoms with Gasteiger partial charge in [0.25, 0.3) is 5.91 Å². The van der Waals surface area contributed by atoms with Gasteiger partial charge in [0.2, 0.25) is 10.0 Å². The first kappa shape index (κ1) is 31.2. The number of allylic oxidation sites excluding steroid dienone is 1. The number of halogens is 1. The first-order valence-electron chi connectivity index (χ1n) is 13.8. The van der Waals surface area contributed by atoms with Gasteiger partial charge in [-0.25, -0.2) is 13.2 Å². The Morgan fingerprint density at radius 2 is 1.50 bits per heavy atom. The minimum atomic E-state index is -3.89. The molecule has 1 aromatic heterocycles. The lowest BCUT2D eigenvalue weighted by Gasteiger charge is -2.21. The number of anilines is 1. The van der Waals surface area contributed by atoms with Crippen LogP contribution in [0.2, 0.25) is 0 Å². The van der Waals surface area contributed by atoms with Gasteiger partial charge in [0.15, 0.2) is 0 Å². The molecule has 2 heterocycles. The van der Waals surface area contributed by atoms with Crippen LogP contribution in [0, 0.1) is 13.8 Å². The highest BCUT2D eigenvalue weighted by molar-refractivity contribution is 9.10. The van der Waals surface area contributed by atoms with E-state index in [0.717, 1.165) is 21.2 Å². The fourth-order valence-corrected chi connectivity index (χ4v) is 6.60. The van der Waals surface area contributed by atoms with Crippen LogP contribution in [0.15, 0.2) is 116 Å². The van der Waals surface area contributed by atoms with Gasteiger partial charge in [-0.2, -0.15) is 4.31 Å². The van der Waals surface area contributed by atoms with E-state index in [-0.39, 0.29) is 29.1 Å². The third-order valence-electron chi connectivity index (χ3n) is 7.31. The number of carbonyl (C=O) groups excluding carboxylic acids is 2. The molecule has 1 aliphatic heterocycles. The number of hydrogen-bond acceptors (Lipinski definition) is 6. The molecular formula is C34H31BrN2O6S. The van der Waals surface area contributed by atoms with Crippen molar-refractivity contribution in [3.63, 3.8) is 0 Å². The summed E-state index contributed by atoms with van der Waals surface area (Å²) in [6.07, 6.45) is 1.49. The number of sulfonamides is 1. The summed E-state index contributed by atoms with van der Waals surface area (Å²) < 4.78 is 40.8. The van der Waals surface area contributed by atoms with Gasteiger partial charge < -0.3 is 9.15 Å². The van der Waals surface area contributed by atoms with E-state index < -0.39 is 21.9 Å². The molecule has 0 saturated carbocycles. The van der Waals surface area contributed by atoms with Crippen LogP contribution in [0.25, 0.3) is 6.08 Å². The second kappa shape index (κ2) is 12.8. The number of ether oxygens (including phenoxy) is 1. The number of carbonyl (C=O) groups is 2. The van der Waals surface area contributed by atoms with Crippen molar-refractivity contribution in [3.8, 4) is 0 Å². The highest BCUT2D eigenvalue weighted by atomic mass is 79.9. The molecule has 4 aromatic rings. The second-order valence-corrected chi connectivity index (χ2v) is 13.4. The molecule has 0 radical (unpaired) electrons. The first-order valence-corrected chi connectivity index (χ1v) is 16.0. The van der Waals surface area contributed by atoms with Crippen LogP contribution in [0.3, 0.4) is 0 Å². The lowest BCUT2D eigenvalue weighted by Crippen LogP contribution is -2.30. The average molecular weight is 676 g/mol. The zero-order valence-electron chi connectivity index (χ0n) is 24.7. The van der Waals surface area contributed by atoms with Crippen LogP contribution < -0.4 is 4.90 Å². The van der Waals surface area contributed by atoms with Gasteiger partial charge in [-0.1, -0.05) is 63.5 Å². The van der Waals surface area contributed by atoms with Gasteiger partial charge in [-0.3, -0.25) is 9.69 Å². The summed E-state index contributed by atoms with van der Waals surface area (Å²) in [6.45, 7) is 5.63. The van der Waals surface area contributed by atoms with Gasteiger partial charge in [0.05, 0.1) is 29.7 Å². The molecule has 1 aliphatic rings. The molecule has 226 valence electrons. The maximum atomic E-state index is 13.8. The van der Waals surface area contributed by atoms with Crippen LogP contribution in [-0.4, -0.2) is 31.7 Å². The molecule has 0 N–H and O–H groups in total. The van der Waals surface area contributed by atoms with E-state index in [4.69, 9.17) is 9.15 Å². The van der Waals surface area contributed by atoms with E-state index in [9.17, 15) is 18.0 Å². The summed E-state index contributed by atoms with van der Waals surface area (Å²) in [5.41, 5.74) is 4.11. The lowest BCUT2D eigenvalue weighted by molar-refractivity contribution is -0.136. The Morgan fingerprint density at radius 3 is 2.11 bits per heavy atom. The van der Waals surface area contributed by atoms with Gasteiger partial charge in [-0.05, 0) is 80.9 Å². The summed E-state index contributed by atoms with van der Waals surface area (Å²) >= 11 is 3.40. The van der Waals surface area contributed by atoms with Crippen molar-refractivity contribution >= 4 is 49.6 Å². The van der Waals surface area contributed by atoms with Crippen LogP contribution in [-0.2, 0) is 37.4 Å². The number of nitrogens with zero attached hydrogens (tertiary/aromatic N) is 2. The summed E-state index contributed by atoms with van der Waals surface area (Å²) in [4.78, 5) is 28.1. The Balaban J connectivity index is 1.48. The number of rotatable bonds is 9. The molecule has 1 amide bonds. The number of aryl methyl sites for hydroxylation is 2. The molecule has 3 aromatic carbocycles. The van der Waals surface area contributed by atoms with E-state index in [0.29, 0.717) is 22.9 Å². The second-order valence-electron chi connectivity index (χ2n) is 10.5. The van der Waals surface area contributed by atoms with E-state index in [1.807, 2.05) is 38.1 Å². The zero-order chi connectivity index (χ0) is 31.6. The van der Waals surface area contributed by atoms with Gasteiger partial charge in [0.1, 0.15) is 11.5 Å². The molecule has 0 fully saturated rings. The summed E-state index contributed by atoms with van der Waals surface area (Å²) in [5.74, 6) is -0.401. The highest BCUT2D eigenvalue weighted by Gasteiger charge is 2.38. The van der Waals surface area contributed by atoms with E-state index in [1.54, 1.807) is 67.6 Å². The van der Waals surface area contributed by atoms with Crippen LogP contribution >= 0.6 is 15.9 Å². The monoisotopic (exact) mass is 674 g/mol. The fraction of sp³-hybridized carbons (Fsp3) is 0.176. The average Bonchev–Trinajstić information content (AvgIpc) is 3.55. The Kier molecular flexibility index (Phi) is 9.05. The van der Waals surface area contributed by atoms with E-state index in [1.165, 1.54) is 22.4 Å².